The van der Waals surface area contributed by atoms with Gasteiger partial charge < -0.3 is 9.88 Å². The van der Waals surface area contributed by atoms with Gasteiger partial charge in [-0.05, 0) is 63.9 Å². The minimum Gasteiger partial charge on any atom is -0.340 e. The maximum Gasteiger partial charge on any atom is 0.224 e. The molecule has 2 aromatic rings. The van der Waals surface area contributed by atoms with Crippen LogP contribution < -0.4 is 5.32 Å². The topological polar surface area (TPSA) is 63.1 Å². The normalized spacial score (nSPS) is 27.0. The van der Waals surface area contributed by atoms with E-state index in [1.165, 1.54) is 6.42 Å². The molecule has 3 aliphatic rings. The molecule has 3 fully saturated rings. The highest BCUT2D eigenvalue weighted by Gasteiger charge is 2.45. The van der Waals surface area contributed by atoms with Crippen LogP contribution in [-0.2, 0) is 11.2 Å². The van der Waals surface area contributed by atoms with Crippen LogP contribution >= 0.6 is 0 Å². The summed E-state index contributed by atoms with van der Waals surface area (Å²) < 4.78 is 18.8. The molecule has 1 amide bonds. The first-order valence-electron chi connectivity index (χ1n) is 14.9. The van der Waals surface area contributed by atoms with E-state index in [1.54, 1.807) is 6.07 Å². The number of hydrogen-bond acceptors (Lipinski definition) is 4. The van der Waals surface area contributed by atoms with E-state index in [4.69, 9.17) is 2.74 Å². The summed E-state index contributed by atoms with van der Waals surface area (Å²) in [5.41, 5.74) is 0.897. The Morgan fingerprint density at radius 3 is 2.54 bits per heavy atom. The monoisotopic (exact) mass is 479 g/mol. The van der Waals surface area contributed by atoms with Crippen LogP contribution in [0.3, 0.4) is 0 Å². The van der Waals surface area contributed by atoms with E-state index in [0.29, 0.717) is 36.5 Å². The summed E-state index contributed by atoms with van der Waals surface area (Å²) in [6.45, 7) is 6.44. The van der Waals surface area contributed by atoms with E-state index in [0.717, 1.165) is 75.0 Å². The molecule has 1 N–H and O–H groups in total. The Balaban J connectivity index is 1.36. The summed E-state index contributed by atoms with van der Waals surface area (Å²) in [6, 6.07) is 7.32. The van der Waals surface area contributed by atoms with Crippen LogP contribution in [0.1, 0.15) is 110 Å². The van der Waals surface area contributed by atoms with Crippen molar-refractivity contribution in [2.45, 2.75) is 122 Å². The van der Waals surface area contributed by atoms with E-state index in [1.807, 2.05) is 12.1 Å². The van der Waals surface area contributed by atoms with Gasteiger partial charge in [0.2, 0.25) is 5.91 Å². The van der Waals surface area contributed by atoms with Crippen molar-refractivity contribution in [2.75, 3.05) is 0 Å². The molecular weight excluding hydrogens is 434 g/mol. The second kappa shape index (κ2) is 10.8. The molecule has 35 heavy (non-hydrogen) atoms. The molecule has 6 nitrogen and oxygen atoms in total. The van der Waals surface area contributed by atoms with Crippen molar-refractivity contribution in [1.29, 1.82) is 0 Å². The number of amides is 1. The summed E-state index contributed by atoms with van der Waals surface area (Å²) in [5, 5.41) is 12.4. The average Bonchev–Trinajstić information content (AvgIpc) is 3.40. The van der Waals surface area contributed by atoms with Crippen LogP contribution in [-0.4, -0.2) is 43.8 Å². The number of nitrogens with zero attached hydrogens (tertiary/aromatic N) is 4. The second-order valence-electron chi connectivity index (χ2n) is 11.3. The Morgan fingerprint density at radius 2 is 1.83 bits per heavy atom. The molecule has 1 aliphatic carbocycles. The summed E-state index contributed by atoms with van der Waals surface area (Å²) in [6.07, 6.45) is 11.4. The van der Waals surface area contributed by atoms with Crippen molar-refractivity contribution in [3.05, 3.63) is 47.5 Å². The van der Waals surface area contributed by atoms with Gasteiger partial charge in [0.25, 0.3) is 0 Å². The van der Waals surface area contributed by atoms with Gasteiger partial charge in [0, 0.05) is 30.0 Å². The maximum absolute atomic E-state index is 13.4. The molecule has 3 unspecified atom stereocenters. The molecule has 2 aliphatic heterocycles. The lowest BCUT2D eigenvalue weighted by atomic mass is 9.88. The van der Waals surface area contributed by atoms with Crippen molar-refractivity contribution < 1.29 is 7.54 Å². The first kappa shape index (κ1) is 22.0. The Hall–Kier alpha value is -2.21. The van der Waals surface area contributed by atoms with E-state index in [9.17, 15) is 4.79 Å². The van der Waals surface area contributed by atoms with Gasteiger partial charge >= 0.3 is 0 Å². The number of benzene rings is 1. The van der Waals surface area contributed by atoms with Crippen LogP contribution in [0.5, 0.6) is 0 Å². The van der Waals surface area contributed by atoms with Crippen molar-refractivity contribution in [2.24, 2.45) is 5.92 Å². The molecule has 6 heteroatoms. The largest absolute Gasteiger partial charge is 0.340 e. The third kappa shape index (κ3) is 5.32. The molecular formula is C29H43N5O. The average molecular weight is 480 g/mol. The number of carbonyl (C=O) groups is 1. The molecule has 2 bridgehead atoms. The van der Waals surface area contributed by atoms with Gasteiger partial charge in [0.05, 0.1) is 8.91 Å². The van der Waals surface area contributed by atoms with Crippen LogP contribution in [0.25, 0.3) is 0 Å². The number of rotatable bonds is 8. The summed E-state index contributed by atoms with van der Waals surface area (Å²) >= 11 is 0. The second-order valence-corrected chi connectivity index (χ2v) is 11.3. The molecule has 0 radical (unpaired) electrons. The van der Waals surface area contributed by atoms with Gasteiger partial charge in [-0.2, -0.15) is 0 Å². The van der Waals surface area contributed by atoms with Crippen LogP contribution in [0.4, 0.5) is 0 Å². The maximum atomic E-state index is 13.4. The number of piperidine rings is 1. The molecule has 5 rings (SSSR count). The van der Waals surface area contributed by atoms with Gasteiger partial charge in [0.1, 0.15) is 11.6 Å². The molecule has 2 saturated heterocycles. The lowest BCUT2D eigenvalue weighted by molar-refractivity contribution is -0.129. The minimum absolute atomic E-state index is 0.0340. The number of aromatic nitrogens is 3. The molecule has 1 aromatic carbocycles. The SMILES string of the molecule is [2H]c1cccc(CCC(NC(=O)C2CCCCC2)N2C3CCC2CC(n2c(C)nnc2C(C)C)C3)c1[2H]. The quantitative estimate of drug-likeness (QED) is 0.540. The zero-order valence-electron chi connectivity index (χ0n) is 23.7. The number of carbonyl (C=O) groups excluding carboxylic acids is 1. The zero-order chi connectivity index (χ0) is 26.1. The highest BCUT2D eigenvalue weighted by molar-refractivity contribution is 5.79. The van der Waals surface area contributed by atoms with Crippen LogP contribution in [0, 0.1) is 12.8 Å². The third-order valence-electron chi connectivity index (χ3n) is 8.58. The minimum atomic E-state index is -0.0340. The van der Waals surface area contributed by atoms with E-state index in [2.05, 4.69) is 45.8 Å². The fourth-order valence-electron chi connectivity index (χ4n) is 6.90. The molecule has 1 saturated carbocycles. The summed E-state index contributed by atoms with van der Waals surface area (Å²) in [4.78, 5) is 16.0. The summed E-state index contributed by atoms with van der Waals surface area (Å²) in [7, 11) is 0. The molecule has 190 valence electrons. The Labute approximate surface area is 213 Å². The lowest BCUT2D eigenvalue weighted by Gasteiger charge is -2.45. The molecule has 3 heterocycles. The van der Waals surface area contributed by atoms with Gasteiger partial charge in [0.15, 0.2) is 0 Å². The predicted octanol–water partition coefficient (Wildman–Crippen LogP) is 5.53. The van der Waals surface area contributed by atoms with Crippen molar-refractivity contribution in [3.8, 4) is 0 Å². The predicted molar refractivity (Wildman–Crippen MR) is 139 cm³/mol. The number of hydrogen-bond donors (Lipinski definition) is 1. The standard InChI is InChI=1S/C29H43N5O/c1-20(2)28-32-31-21(3)33(28)26-18-24-15-16-25(19-26)34(24)27(17-14-22-10-6-4-7-11-22)30-29(35)23-12-8-5-9-13-23/h4,6-7,10-11,20,23-27H,5,8-9,12-19H2,1-3H3,(H,30,35)/i6D,10D. The Bertz CT molecular complexity index is 1080. The van der Waals surface area contributed by atoms with Crippen molar-refractivity contribution in [1.82, 2.24) is 25.0 Å². The van der Waals surface area contributed by atoms with Crippen LogP contribution in [0.2, 0.25) is 0 Å². The molecule has 3 atom stereocenters. The number of nitrogens with one attached hydrogen (secondary N) is 1. The zero-order valence-corrected chi connectivity index (χ0v) is 21.7. The van der Waals surface area contributed by atoms with Crippen molar-refractivity contribution in [3.63, 3.8) is 0 Å². The first-order valence-corrected chi connectivity index (χ1v) is 13.9. The number of aryl methyl sites for hydroxylation is 2. The highest BCUT2D eigenvalue weighted by atomic mass is 16.2. The van der Waals surface area contributed by atoms with Gasteiger partial charge in [-0.25, -0.2) is 0 Å². The van der Waals surface area contributed by atoms with Crippen molar-refractivity contribution >= 4 is 5.91 Å². The van der Waals surface area contributed by atoms with Crippen LogP contribution in [0.15, 0.2) is 30.3 Å². The first-order chi connectivity index (χ1) is 17.8. The summed E-state index contributed by atoms with van der Waals surface area (Å²) in [5.74, 6) is 2.76. The van der Waals surface area contributed by atoms with Gasteiger partial charge in [-0.15, -0.1) is 10.2 Å². The molecule has 1 aromatic heterocycles. The third-order valence-corrected chi connectivity index (χ3v) is 8.58. The molecule has 0 spiro atoms. The fraction of sp³-hybridized carbons (Fsp3) is 0.690. The van der Waals surface area contributed by atoms with Gasteiger partial charge in [-0.1, -0.05) is 63.4 Å². The van der Waals surface area contributed by atoms with Gasteiger partial charge in [-0.3, -0.25) is 9.69 Å². The fourth-order valence-corrected chi connectivity index (χ4v) is 6.90. The van der Waals surface area contributed by atoms with E-state index in [-0.39, 0.29) is 24.0 Å². The smallest absolute Gasteiger partial charge is 0.224 e. The lowest BCUT2D eigenvalue weighted by Crippen LogP contribution is -2.57. The Morgan fingerprint density at radius 1 is 1.09 bits per heavy atom. The van der Waals surface area contributed by atoms with E-state index >= 15 is 0 Å². The highest BCUT2D eigenvalue weighted by Crippen LogP contribution is 2.43. The Kier molecular flexibility index (Phi) is 6.80. The van der Waals surface area contributed by atoms with E-state index < -0.39 is 0 Å². The number of fused-ring (bicyclic) bond motifs is 2.